The molecule has 0 saturated carbocycles. The minimum Gasteiger partial charge on any atom is -0.453 e. The number of ether oxygens (including phenoxy) is 1. The van der Waals surface area contributed by atoms with E-state index in [1.807, 2.05) is 6.07 Å². The van der Waals surface area contributed by atoms with Gasteiger partial charge < -0.3 is 15.4 Å². The van der Waals surface area contributed by atoms with Gasteiger partial charge in [-0.2, -0.15) is 0 Å². The highest BCUT2D eigenvalue weighted by Gasteiger charge is 2.03. The molecule has 2 rings (SSSR count). The van der Waals surface area contributed by atoms with Crippen molar-refractivity contribution in [3.63, 3.8) is 0 Å². The van der Waals surface area contributed by atoms with Crippen LogP contribution in [0.4, 0.5) is 19.7 Å². The predicted octanol–water partition coefficient (Wildman–Crippen LogP) is 3.05. The van der Waals surface area contributed by atoms with Crippen molar-refractivity contribution >= 4 is 17.8 Å². The number of rotatable bonds is 6. The summed E-state index contributed by atoms with van der Waals surface area (Å²) in [4.78, 5) is 22.8. The second kappa shape index (κ2) is 9.27. The van der Waals surface area contributed by atoms with Crippen molar-refractivity contribution < 1.29 is 18.7 Å². The smallest absolute Gasteiger partial charge is 0.411 e. The number of benzene rings is 2. The number of methoxy groups -OCH3 is 1. The van der Waals surface area contributed by atoms with E-state index in [9.17, 15) is 14.0 Å². The Labute approximate surface area is 145 Å². The molecule has 0 saturated heterocycles. The average molecular weight is 345 g/mol. The van der Waals surface area contributed by atoms with Crippen LogP contribution in [-0.2, 0) is 17.7 Å². The van der Waals surface area contributed by atoms with Crippen molar-refractivity contribution in [3.05, 3.63) is 65.5 Å². The first-order chi connectivity index (χ1) is 12.1. The molecule has 2 aromatic carbocycles. The lowest BCUT2D eigenvalue weighted by atomic mass is 10.1. The standard InChI is InChI=1S/C18H20FN3O3/c1-25-18(24)22-16-7-5-14(6-8-16)12-21-17(23)20-10-9-13-3-2-4-15(19)11-13/h2-8,11H,9-10,12H2,1H3,(H,22,24)(H2,20,21,23). The molecule has 6 nitrogen and oxygen atoms in total. The summed E-state index contributed by atoms with van der Waals surface area (Å²) in [7, 11) is 1.29. The highest BCUT2D eigenvalue weighted by molar-refractivity contribution is 5.84. The van der Waals surface area contributed by atoms with Crippen LogP contribution in [0.3, 0.4) is 0 Å². The Hall–Kier alpha value is -3.09. The number of hydrogen-bond donors (Lipinski definition) is 3. The van der Waals surface area contributed by atoms with E-state index < -0.39 is 6.09 Å². The molecule has 132 valence electrons. The third kappa shape index (κ3) is 6.50. The minimum atomic E-state index is -0.538. The van der Waals surface area contributed by atoms with Crippen LogP contribution in [0.25, 0.3) is 0 Å². The first-order valence-corrected chi connectivity index (χ1v) is 7.77. The molecular weight excluding hydrogens is 325 g/mol. The lowest BCUT2D eigenvalue weighted by Crippen LogP contribution is -2.36. The van der Waals surface area contributed by atoms with E-state index in [4.69, 9.17) is 0 Å². The number of amides is 3. The largest absolute Gasteiger partial charge is 0.453 e. The summed E-state index contributed by atoms with van der Waals surface area (Å²) in [5, 5.41) is 8.00. The van der Waals surface area contributed by atoms with Gasteiger partial charge in [0.15, 0.2) is 0 Å². The quantitative estimate of drug-likeness (QED) is 0.753. The molecule has 0 fully saturated rings. The van der Waals surface area contributed by atoms with E-state index >= 15 is 0 Å². The normalized spacial score (nSPS) is 10.0. The number of nitrogens with one attached hydrogen (secondary N) is 3. The van der Waals surface area contributed by atoms with Gasteiger partial charge in [0.05, 0.1) is 7.11 Å². The SMILES string of the molecule is COC(=O)Nc1ccc(CNC(=O)NCCc2cccc(F)c2)cc1. The number of hydrogen-bond acceptors (Lipinski definition) is 3. The van der Waals surface area contributed by atoms with E-state index in [2.05, 4.69) is 20.7 Å². The van der Waals surface area contributed by atoms with E-state index in [1.165, 1.54) is 19.2 Å². The maximum atomic E-state index is 13.1. The Morgan fingerprint density at radius 2 is 1.80 bits per heavy atom. The third-order valence-corrected chi connectivity index (χ3v) is 3.43. The zero-order valence-electron chi connectivity index (χ0n) is 13.8. The van der Waals surface area contributed by atoms with Gasteiger partial charge in [-0.25, -0.2) is 14.0 Å². The Kier molecular flexibility index (Phi) is 6.76. The number of halogens is 1. The maximum absolute atomic E-state index is 13.1. The van der Waals surface area contributed by atoms with Crippen LogP contribution in [-0.4, -0.2) is 25.8 Å². The van der Waals surface area contributed by atoms with E-state index in [0.717, 1.165) is 11.1 Å². The summed E-state index contributed by atoms with van der Waals surface area (Å²) in [5.41, 5.74) is 2.32. The lowest BCUT2D eigenvalue weighted by Gasteiger charge is -2.09. The Morgan fingerprint density at radius 3 is 2.48 bits per heavy atom. The fourth-order valence-electron chi connectivity index (χ4n) is 2.13. The minimum absolute atomic E-state index is 0.285. The summed E-state index contributed by atoms with van der Waals surface area (Å²) >= 11 is 0. The molecule has 7 heteroatoms. The van der Waals surface area contributed by atoms with Gasteiger partial charge in [-0.05, 0) is 41.8 Å². The van der Waals surface area contributed by atoms with Crippen molar-refractivity contribution in [1.29, 1.82) is 0 Å². The molecule has 3 N–H and O–H groups in total. The molecule has 0 bridgehead atoms. The second-order valence-electron chi connectivity index (χ2n) is 5.30. The maximum Gasteiger partial charge on any atom is 0.411 e. The topological polar surface area (TPSA) is 79.5 Å². The highest BCUT2D eigenvalue weighted by atomic mass is 19.1. The first-order valence-electron chi connectivity index (χ1n) is 7.77. The number of anilines is 1. The number of urea groups is 1. The Balaban J connectivity index is 1.70. The summed E-state index contributed by atoms with van der Waals surface area (Å²) in [6.45, 7) is 0.765. The van der Waals surface area contributed by atoms with Gasteiger partial charge in [0.25, 0.3) is 0 Å². The van der Waals surface area contributed by atoms with Crippen LogP contribution >= 0.6 is 0 Å². The van der Waals surface area contributed by atoms with Crippen molar-refractivity contribution in [2.24, 2.45) is 0 Å². The highest BCUT2D eigenvalue weighted by Crippen LogP contribution is 2.09. The Bertz CT molecular complexity index is 720. The molecule has 0 aliphatic heterocycles. The lowest BCUT2D eigenvalue weighted by molar-refractivity contribution is 0.187. The van der Waals surface area contributed by atoms with Gasteiger partial charge in [-0.15, -0.1) is 0 Å². The van der Waals surface area contributed by atoms with E-state index in [1.54, 1.807) is 30.3 Å². The Morgan fingerprint density at radius 1 is 1.04 bits per heavy atom. The molecule has 0 spiro atoms. The number of carbonyl (C=O) groups excluding carboxylic acids is 2. The zero-order chi connectivity index (χ0) is 18.1. The van der Waals surface area contributed by atoms with Crippen molar-refractivity contribution in [3.8, 4) is 0 Å². The van der Waals surface area contributed by atoms with Crippen molar-refractivity contribution in [1.82, 2.24) is 10.6 Å². The third-order valence-electron chi connectivity index (χ3n) is 3.43. The molecule has 0 unspecified atom stereocenters. The van der Waals surface area contributed by atoms with Crippen LogP contribution in [0.15, 0.2) is 48.5 Å². The van der Waals surface area contributed by atoms with E-state index in [0.29, 0.717) is 25.2 Å². The van der Waals surface area contributed by atoms with Gasteiger partial charge in [-0.1, -0.05) is 24.3 Å². The van der Waals surface area contributed by atoms with Gasteiger partial charge in [0.2, 0.25) is 0 Å². The molecular formula is C18H20FN3O3. The van der Waals surface area contributed by atoms with E-state index in [-0.39, 0.29) is 11.8 Å². The van der Waals surface area contributed by atoms with Gasteiger partial charge in [-0.3, -0.25) is 5.32 Å². The fraction of sp³-hybridized carbons (Fsp3) is 0.222. The van der Waals surface area contributed by atoms with Crippen LogP contribution in [0, 0.1) is 5.82 Å². The van der Waals surface area contributed by atoms with Gasteiger partial charge in [0, 0.05) is 18.8 Å². The summed E-state index contributed by atoms with van der Waals surface area (Å²) in [6.07, 6.45) is 0.0163. The molecule has 25 heavy (non-hydrogen) atoms. The molecule has 0 atom stereocenters. The van der Waals surface area contributed by atoms with Crippen LogP contribution < -0.4 is 16.0 Å². The van der Waals surface area contributed by atoms with Crippen LogP contribution in [0.5, 0.6) is 0 Å². The second-order valence-corrected chi connectivity index (χ2v) is 5.30. The van der Waals surface area contributed by atoms with Crippen molar-refractivity contribution in [2.45, 2.75) is 13.0 Å². The molecule has 0 aliphatic rings. The summed E-state index contributed by atoms with van der Waals surface area (Å²) in [5.74, 6) is -0.285. The molecule has 2 aromatic rings. The predicted molar refractivity (Wildman–Crippen MR) is 92.8 cm³/mol. The molecule has 0 aromatic heterocycles. The van der Waals surface area contributed by atoms with Crippen molar-refractivity contribution in [2.75, 3.05) is 19.0 Å². The van der Waals surface area contributed by atoms with Crippen LogP contribution in [0.2, 0.25) is 0 Å². The summed E-state index contributed by atoms with van der Waals surface area (Å²) < 4.78 is 17.6. The molecule has 3 amide bonds. The average Bonchev–Trinajstić information content (AvgIpc) is 2.61. The van der Waals surface area contributed by atoms with Gasteiger partial charge in [0.1, 0.15) is 5.82 Å². The van der Waals surface area contributed by atoms with Gasteiger partial charge >= 0.3 is 12.1 Å². The van der Waals surface area contributed by atoms with Crippen LogP contribution in [0.1, 0.15) is 11.1 Å². The monoisotopic (exact) mass is 345 g/mol. The zero-order valence-corrected chi connectivity index (χ0v) is 13.8. The fourth-order valence-corrected chi connectivity index (χ4v) is 2.13. The number of carbonyl (C=O) groups is 2. The molecule has 0 heterocycles. The first kappa shape index (κ1) is 18.3. The summed E-state index contributed by atoms with van der Waals surface area (Å²) in [6, 6.07) is 13.0. The molecule has 0 aliphatic carbocycles. The molecule has 0 radical (unpaired) electrons.